The highest BCUT2D eigenvalue weighted by Crippen LogP contribution is 2.29. The molecule has 0 amide bonds. The molecule has 4 aromatic rings. The monoisotopic (exact) mass is 436 g/mol. The molecule has 1 aromatic heterocycles. The standard InChI is InChI=1S/C28H28N4O/c1-20-8-11-24(18-26(20)28-29-19-27(31-28)23-6-4-3-5-7-23)30-21(2)22-9-12-25(13-10-22)32-14-16-33-17-15-32/h3-13,18-19,30H,2,14-17H2,1H3,(H,29,31). The highest BCUT2D eigenvalue weighted by atomic mass is 16.5. The normalized spacial score (nSPS) is 13.7. The Bertz CT molecular complexity index is 1240. The molecule has 33 heavy (non-hydrogen) atoms. The van der Waals surface area contributed by atoms with E-state index in [1.807, 2.05) is 24.4 Å². The number of anilines is 2. The van der Waals surface area contributed by atoms with Crippen LogP contribution in [0.1, 0.15) is 11.1 Å². The van der Waals surface area contributed by atoms with Crippen LogP contribution in [-0.4, -0.2) is 36.3 Å². The molecule has 2 heterocycles. The zero-order chi connectivity index (χ0) is 22.6. The molecule has 0 bridgehead atoms. The molecule has 5 nitrogen and oxygen atoms in total. The summed E-state index contributed by atoms with van der Waals surface area (Å²) >= 11 is 0. The fraction of sp³-hybridized carbons (Fsp3) is 0.179. The summed E-state index contributed by atoms with van der Waals surface area (Å²) in [6, 6.07) is 25.1. The van der Waals surface area contributed by atoms with Crippen LogP contribution in [0.15, 0.2) is 85.6 Å². The van der Waals surface area contributed by atoms with Crippen LogP contribution in [-0.2, 0) is 4.74 Å². The second-order valence-corrected chi connectivity index (χ2v) is 8.29. The van der Waals surface area contributed by atoms with Crippen LogP contribution >= 0.6 is 0 Å². The van der Waals surface area contributed by atoms with Crippen LogP contribution in [0.25, 0.3) is 28.3 Å². The third-order valence-corrected chi connectivity index (χ3v) is 6.04. The lowest BCUT2D eigenvalue weighted by Crippen LogP contribution is -2.36. The van der Waals surface area contributed by atoms with Gasteiger partial charge < -0.3 is 19.9 Å². The maximum absolute atomic E-state index is 5.45. The number of rotatable bonds is 6. The Morgan fingerprint density at radius 3 is 2.52 bits per heavy atom. The van der Waals surface area contributed by atoms with Gasteiger partial charge in [0.2, 0.25) is 0 Å². The summed E-state index contributed by atoms with van der Waals surface area (Å²) in [6.07, 6.45) is 1.89. The van der Waals surface area contributed by atoms with E-state index in [4.69, 9.17) is 4.74 Å². The summed E-state index contributed by atoms with van der Waals surface area (Å²) < 4.78 is 5.45. The van der Waals surface area contributed by atoms with Crippen LogP contribution in [0.4, 0.5) is 11.4 Å². The van der Waals surface area contributed by atoms with Gasteiger partial charge in [-0.2, -0.15) is 0 Å². The van der Waals surface area contributed by atoms with Gasteiger partial charge in [0.25, 0.3) is 0 Å². The third kappa shape index (κ3) is 4.69. The summed E-state index contributed by atoms with van der Waals surface area (Å²) in [5.41, 5.74) is 8.49. The van der Waals surface area contributed by atoms with Crippen LogP contribution < -0.4 is 10.2 Å². The zero-order valence-electron chi connectivity index (χ0n) is 18.8. The largest absolute Gasteiger partial charge is 0.378 e. The summed E-state index contributed by atoms with van der Waals surface area (Å²) in [7, 11) is 0. The van der Waals surface area contributed by atoms with Crippen molar-refractivity contribution >= 4 is 17.1 Å². The maximum atomic E-state index is 5.45. The number of imidazole rings is 1. The maximum Gasteiger partial charge on any atom is 0.138 e. The first-order valence-electron chi connectivity index (χ1n) is 11.3. The minimum atomic E-state index is 0.786. The lowest BCUT2D eigenvalue weighted by molar-refractivity contribution is 0.122. The minimum absolute atomic E-state index is 0.786. The summed E-state index contributed by atoms with van der Waals surface area (Å²) in [4.78, 5) is 10.4. The minimum Gasteiger partial charge on any atom is -0.378 e. The molecule has 3 aromatic carbocycles. The Morgan fingerprint density at radius 2 is 1.76 bits per heavy atom. The highest BCUT2D eigenvalue weighted by molar-refractivity contribution is 5.79. The van der Waals surface area contributed by atoms with Gasteiger partial charge in [0.15, 0.2) is 0 Å². The van der Waals surface area contributed by atoms with Crippen molar-refractivity contribution < 1.29 is 4.74 Å². The van der Waals surface area contributed by atoms with Gasteiger partial charge in [-0.15, -0.1) is 0 Å². The van der Waals surface area contributed by atoms with E-state index in [2.05, 4.69) is 88.3 Å². The molecule has 5 rings (SSSR count). The van der Waals surface area contributed by atoms with Gasteiger partial charge in [-0.25, -0.2) is 4.98 Å². The van der Waals surface area contributed by atoms with Crippen molar-refractivity contribution in [1.82, 2.24) is 9.97 Å². The summed E-state index contributed by atoms with van der Waals surface area (Å²) in [6.45, 7) is 9.80. The zero-order valence-corrected chi connectivity index (χ0v) is 18.8. The van der Waals surface area contributed by atoms with E-state index >= 15 is 0 Å². The number of aryl methyl sites for hydroxylation is 1. The Kier molecular flexibility index (Phi) is 5.96. The SMILES string of the molecule is C=C(Nc1ccc(C)c(-c2ncc(-c3ccccc3)[nH]2)c1)c1ccc(N2CCOCC2)cc1. The van der Waals surface area contributed by atoms with Gasteiger partial charge >= 0.3 is 0 Å². The van der Waals surface area contributed by atoms with Crippen LogP contribution in [0.2, 0.25) is 0 Å². The first-order valence-corrected chi connectivity index (χ1v) is 11.3. The smallest absolute Gasteiger partial charge is 0.138 e. The molecular weight excluding hydrogens is 408 g/mol. The third-order valence-electron chi connectivity index (χ3n) is 6.04. The number of H-pyrrole nitrogens is 1. The number of aromatic amines is 1. The number of benzene rings is 3. The topological polar surface area (TPSA) is 53.2 Å². The van der Waals surface area contributed by atoms with Gasteiger partial charge in [0.05, 0.1) is 25.1 Å². The predicted molar refractivity (Wildman–Crippen MR) is 136 cm³/mol. The number of nitrogens with one attached hydrogen (secondary N) is 2. The molecule has 0 radical (unpaired) electrons. The van der Waals surface area contributed by atoms with Crippen molar-refractivity contribution in [3.8, 4) is 22.6 Å². The molecule has 0 atom stereocenters. The quantitative estimate of drug-likeness (QED) is 0.391. The first kappa shape index (κ1) is 21.0. The fourth-order valence-electron chi connectivity index (χ4n) is 4.12. The predicted octanol–water partition coefficient (Wildman–Crippen LogP) is 5.97. The molecule has 1 fully saturated rings. The Hall–Kier alpha value is -3.83. The Balaban J connectivity index is 1.32. The van der Waals surface area contributed by atoms with Gasteiger partial charge in [0.1, 0.15) is 5.82 Å². The van der Waals surface area contributed by atoms with E-state index in [0.29, 0.717) is 0 Å². The van der Waals surface area contributed by atoms with E-state index < -0.39 is 0 Å². The Labute approximate surface area is 194 Å². The molecule has 0 aliphatic carbocycles. The average molecular weight is 437 g/mol. The number of aromatic nitrogens is 2. The second kappa shape index (κ2) is 9.35. The second-order valence-electron chi connectivity index (χ2n) is 8.29. The van der Waals surface area contributed by atoms with Crippen LogP contribution in [0, 0.1) is 6.92 Å². The van der Waals surface area contributed by atoms with Crippen molar-refractivity contribution in [2.75, 3.05) is 36.5 Å². The molecule has 166 valence electrons. The van der Waals surface area contributed by atoms with E-state index in [-0.39, 0.29) is 0 Å². The molecule has 5 heteroatoms. The van der Waals surface area contributed by atoms with E-state index in [1.54, 1.807) is 0 Å². The number of ether oxygens (including phenoxy) is 1. The molecule has 2 N–H and O–H groups in total. The van der Waals surface area contributed by atoms with E-state index in [0.717, 1.165) is 71.5 Å². The van der Waals surface area contributed by atoms with Crippen molar-refractivity contribution in [1.29, 1.82) is 0 Å². The van der Waals surface area contributed by atoms with E-state index in [1.165, 1.54) is 5.69 Å². The van der Waals surface area contributed by atoms with Gasteiger partial charge in [-0.3, -0.25) is 0 Å². The summed E-state index contributed by atoms with van der Waals surface area (Å²) in [5.74, 6) is 0.857. The van der Waals surface area contributed by atoms with Gasteiger partial charge in [-0.1, -0.05) is 55.1 Å². The van der Waals surface area contributed by atoms with Gasteiger partial charge in [0, 0.05) is 35.7 Å². The number of hydrogen-bond acceptors (Lipinski definition) is 4. The lowest BCUT2D eigenvalue weighted by atomic mass is 10.1. The van der Waals surface area contributed by atoms with Crippen LogP contribution in [0.5, 0.6) is 0 Å². The van der Waals surface area contributed by atoms with Crippen molar-refractivity contribution in [2.45, 2.75) is 6.92 Å². The average Bonchev–Trinajstić information content (AvgIpc) is 3.36. The first-order chi connectivity index (χ1) is 16.2. The molecular formula is C28H28N4O. The molecule has 1 aliphatic heterocycles. The Morgan fingerprint density at radius 1 is 1.00 bits per heavy atom. The molecule has 0 saturated carbocycles. The number of morpholine rings is 1. The highest BCUT2D eigenvalue weighted by Gasteiger charge is 2.12. The van der Waals surface area contributed by atoms with Crippen molar-refractivity contribution in [3.05, 3.63) is 96.7 Å². The number of hydrogen-bond donors (Lipinski definition) is 2. The summed E-state index contributed by atoms with van der Waals surface area (Å²) in [5, 5.41) is 3.46. The van der Waals surface area contributed by atoms with Crippen LogP contribution in [0.3, 0.4) is 0 Å². The molecule has 1 saturated heterocycles. The number of nitrogens with zero attached hydrogens (tertiary/aromatic N) is 2. The van der Waals surface area contributed by atoms with Crippen molar-refractivity contribution in [2.24, 2.45) is 0 Å². The van der Waals surface area contributed by atoms with Gasteiger partial charge in [-0.05, 0) is 47.9 Å². The molecule has 0 unspecified atom stereocenters. The molecule has 0 spiro atoms. The fourth-order valence-corrected chi connectivity index (χ4v) is 4.12. The molecule has 1 aliphatic rings. The van der Waals surface area contributed by atoms with Crippen molar-refractivity contribution in [3.63, 3.8) is 0 Å². The van der Waals surface area contributed by atoms with E-state index in [9.17, 15) is 0 Å². The lowest BCUT2D eigenvalue weighted by Gasteiger charge is -2.29.